The van der Waals surface area contributed by atoms with E-state index in [4.69, 9.17) is 9.47 Å². The van der Waals surface area contributed by atoms with Crippen LogP contribution in [0.15, 0.2) is 18.2 Å². The van der Waals surface area contributed by atoms with Gasteiger partial charge in [-0.05, 0) is 25.8 Å². The monoisotopic (exact) mass is 382 g/mol. The number of unbranched alkanes of at least 4 members (excludes halogenated alkanes) is 1. The number of amides is 2. The number of hydrogen-bond donors (Lipinski definition) is 1. The van der Waals surface area contributed by atoms with Crippen LogP contribution in [0.1, 0.15) is 44.7 Å². The van der Waals surface area contributed by atoms with E-state index < -0.39 is 12.2 Å². The Hall–Kier alpha value is -2.09. The van der Waals surface area contributed by atoms with E-state index in [2.05, 4.69) is 0 Å². The molecule has 0 aliphatic carbocycles. The highest BCUT2D eigenvalue weighted by Crippen LogP contribution is 2.38. The van der Waals surface area contributed by atoms with Gasteiger partial charge in [-0.2, -0.15) is 0 Å². The normalized spacial score (nSPS) is 14.3. The molecule has 1 aliphatic heterocycles. The lowest BCUT2D eigenvalue weighted by atomic mass is 10.0. The highest BCUT2D eigenvalue weighted by molar-refractivity contribution is 7.95. The van der Waals surface area contributed by atoms with Gasteiger partial charge in [-0.25, -0.2) is 18.2 Å². The maximum absolute atomic E-state index is 11.9. The van der Waals surface area contributed by atoms with Gasteiger partial charge in [-0.1, -0.05) is 31.5 Å². The van der Waals surface area contributed by atoms with Gasteiger partial charge >= 0.3 is 12.2 Å². The summed E-state index contributed by atoms with van der Waals surface area (Å²) < 4.78 is 13.4. The Morgan fingerprint density at radius 3 is 2.77 bits per heavy atom. The predicted octanol–water partition coefficient (Wildman–Crippen LogP) is 4.31. The Labute approximate surface area is 158 Å². The number of carboxylic acid groups (broad SMARTS) is 1. The lowest BCUT2D eigenvalue weighted by Gasteiger charge is -2.24. The van der Waals surface area contributed by atoms with Crippen LogP contribution in [0.2, 0.25) is 0 Å². The summed E-state index contributed by atoms with van der Waals surface area (Å²) in [6, 6.07) is 5.73. The van der Waals surface area contributed by atoms with Crippen molar-refractivity contribution in [3.63, 3.8) is 0 Å². The minimum Gasteiger partial charge on any atom is -0.487 e. The van der Waals surface area contributed by atoms with Gasteiger partial charge in [-0.15, -0.1) is 0 Å². The molecule has 26 heavy (non-hydrogen) atoms. The molecule has 0 saturated carbocycles. The molecule has 1 aromatic carbocycles. The Bertz CT molecular complexity index is 665. The van der Waals surface area contributed by atoms with Gasteiger partial charge in [0, 0.05) is 19.0 Å². The average molecular weight is 382 g/mol. The van der Waals surface area contributed by atoms with Crippen molar-refractivity contribution >= 4 is 24.3 Å². The zero-order valence-corrected chi connectivity index (χ0v) is 16.5. The second-order valence-electron chi connectivity index (χ2n) is 6.81. The molecule has 1 aliphatic rings. The van der Waals surface area contributed by atoms with Crippen LogP contribution in [-0.2, 0) is 17.7 Å². The van der Waals surface area contributed by atoms with Gasteiger partial charge in [0.1, 0.15) is 11.4 Å². The summed E-state index contributed by atoms with van der Waals surface area (Å²) in [5.41, 5.74) is 1.53. The molecule has 0 unspecified atom stereocenters. The Morgan fingerprint density at radius 2 is 2.12 bits per heavy atom. The molecule has 0 atom stereocenters. The van der Waals surface area contributed by atoms with Gasteiger partial charge in [0.05, 0.1) is 25.3 Å². The number of rotatable bonds is 7. The molecule has 2 amide bonds. The van der Waals surface area contributed by atoms with Crippen LogP contribution in [-0.4, -0.2) is 45.2 Å². The van der Waals surface area contributed by atoms with Crippen LogP contribution in [0.25, 0.3) is 0 Å². The van der Waals surface area contributed by atoms with E-state index in [0.29, 0.717) is 6.61 Å². The molecule has 1 heterocycles. The highest BCUT2D eigenvalue weighted by atomic mass is 32.2. The van der Waals surface area contributed by atoms with Crippen LogP contribution in [0, 0.1) is 0 Å². The second kappa shape index (κ2) is 8.53. The molecular formula is C18H26N2O5S. The summed E-state index contributed by atoms with van der Waals surface area (Å²) in [7, 11) is 1.49. The Morgan fingerprint density at radius 1 is 1.38 bits per heavy atom. The molecule has 1 N–H and O–H groups in total. The first-order chi connectivity index (χ1) is 12.2. The fraction of sp³-hybridized carbons (Fsp3) is 0.556. The van der Waals surface area contributed by atoms with E-state index >= 15 is 0 Å². The van der Waals surface area contributed by atoms with Crippen LogP contribution < -0.4 is 4.74 Å². The van der Waals surface area contributed by atoms with Crippen molar-refractivity contribution in [2.24, 2.45) is 0 Å². The molecule has 144 valence electrons. The zero-order valence-electron chi connectivity index (χ0n) is 15.7. The van der Waals surface area contributed by atoms with Crippen LogP contribution in [0.5, 0.6) is 5.75 Å². The van der Waals surface area contributed by atoms with Crippen molar-refractivity contribution in [3.05, 3.63) is 29.3 Å². The molecule has 0 bridgehead atoms. The SMILES string of the molecule is CCCCOC(=O)N(C)SN(Cc1cccc2c1OC(C)(C)C2)C(=O)O. The molecule has 2 rings (SSSR count). The van der Waals surface area contributed by atoms with E-state index in [1.165, 1.54) is 11.4 Å². The average Bonchev–Trinajstić information content (AvgIpc) is 2.89. The van der Waals surface area contributed by atoms with E-state index in [0.717, 1.165) is 52.6 Å². The van der Waals surface area contributed by atoms with Crippen LogP contribution >= 0.6 is 12.1 Å². The Balaban J connectivity index is 2.05. The number of carbonyl (C=O) groups is 2. The number of para-hydroxylation sites is 1. The minimum absolute atomic E-state index is 0.103. The summed E-state index contributed by atoms with van der Waals surface area (Å²) in [6.45, 7) is 6.43. The largest absolute Gasteiger partial charge is 0.487 e. The van der Waals surface area contributed by atoms with Crippen molar-refractivity contribution < 1.29 is 24.2 Å². The van der Waals surface area contributed by atoms with Gasteiger partial charge < -0.3 is 14.6 Å². The second-order valence-corrected chi connectivity index (χ2v) is 7.96. The van der Waals surface area contributed by atoms with Gasteiger partial charge in [-0.3, -0.25) is 0 Å². The van der Waals surface area contributed by atoms with Crippen molar-refractivity contribution in [2.45, 2.75) is 52.2 Å². The minimum atomic E-state index is -1.14. The summed E-state index contributed by atoms with van der Waals surface area (Å²) in [5.74, 6) is 0.734. The third kappa shape index (κ3) is 5.20. The maximum Gasteiger partial charge on any atom is 0.420 e. The third-order valence-electron chi connectivity index (χ3n) is 3.90. The molecule has 1 aromatic rings. The fourth-order valence-corrected chi connectivity index (χ4v) is 3.35. The summed E-state index contributed by atoms with van der Waals surface area (Å²) in [6.07, 6.45) is 0.764. The number of carbonyl (C=O) groups excluding carboxylic acids is 1. The summed E-state index contributed by atoms with van der Waals surface area (Å²) in [4.78, 5) is 23.6. The van der Waals surface area contributed by atoms with Crippen molar-refractivity contribution in [1.82, 2.24) is 8.61 Å². The summed E-state index contributed by atoms with van der Waals surface area (Å²) in [5, 5.41) is 9.52. The van der Waals surface area contributed by atoms with Crippen molar-refractivity contribution in [1.29, 1.82) is 0 Å². The molecule has 0 aromatic heterocycles. The first-order valence-corrected chi connectivity index (χ1v) is 9.35. The standard InChI is InChI=1S/C18H26N2O5S/c1-5-6-10-24-17(23)19(4)26-20(16(21)22)12-14-9-7-8-13-11-18(2,3)25-15(13)14/h7-9H,5-6,10-12H2,1-4H3,(H,21,22). The topological polar surface area (TPSA) is 79.3 Å². The number of nitrogens with zero attached hydrogens (tertiary/aromatic N) is 2. The predicted molar refractivity (Wildman–Crippen MR) is 100 cm³/mol. The first kappa shape index (κ1) is 20.2. The van der Waals surface area contributed by atoms with Crippen LogP contribution in [0.3, 0.4) is 0 Å². The smallest absolute Gasteiger partial charge is 0.420 e. The maximum atomic E-state index is 11.9. The van der Waals surface area contributed by atoms with Gasteiger partial charge in [0.25, 0.3) is 0 Å². The number of ether oxygens (including phenoxy) is 2. The lowest BCUT2D eigenvalue weighted by Crippen LogP contribution is -2.31. The molecule has 0 spiro atoms. The van der Waals surface area contributed by atoms with E-state index in [-0.39, 0.29) is 12.1 Å². The molecule has 0 radical (unpaired) electrons. The van der Waals surface area contributed by atoms with Crippen molar-refractivity contribution in [2.75, 3.05) is 13.7 Å². The van der Waals surface area contributed by atoms with E-state index in [9.17, 15) is 14.7 Å². The van der Waals surface area contributed by atoms with Gasteiger partial charge in [0.2, 0.25) is 0 Å². The molecule has 8 heteroatoms. The molecule has 0 fully saturated rings. The van der Waals surface area contributed by atoms with E-state index in [1.807, 2.05) is 39.0 Å². The Kier molecular flexibility index (Phi) is 6.63. The number of hydrogen-bond acceptors (Lipinski definition) is 5. The quantitative estimate of drug-likeness (QED) is 0.559. The van der Waals surface area contributed by atoms with E-state index in [1.54, 1.807) is 0 Å². The molecular weight excluding hydrogens is 356 g/mol. The lowest BCUT2D eigenvalue weighted by molar-refractivity contribution is 0.130. The summed E-state index contributed by atoms with van der Waals surface area (Å²) >= 11 is 0.796. The number of fused-ring (bicyclic) bond motifs is 1. The fourth-order valence-electron chi connectivity index (χ4n) is 2.67. The first-order valence-electron chi connectivity index (χ1n) is 8.62. The van der Waals surface area contributed by atoms with Gasteiger partial charge in [0.15, 0.2) is 0 Å². The number of benzene rings is 1. The molecule has 0 saturated heterocycles. The highest BCUT2D eigenvalue weighted by Gasteiger charge is 2.32. The zero-order chi connectivity index (χ0) is 19.3. The third-order valence-corrected chi connectivity index (χ3v) is 4.78. The van der Waals surface area contributed by atoms with Crippen LogP contribution in [0.4, 0.5) is 9.59 Å². The molecule has 7 nitrogen and oxygen atoms in total. The van der Waals surface area contributed by atoms with Crippen molar-refractivity contribution in [3.8, 4) is 5.75 Å².